The van der Waals surface area contributed by atoms with Crippen LogP contribution in [0.5, 0.6) is 0 Å². The van der Waals surface area contributed by atoms with Crippen LogP contribution < -0.4 is 10.2 Å². The quantitative estimate of drug-likeness (QED) is 0.504. The number of fused-ring (bicyclic) bond motifs is 1. The third-order valence-corrected chi connectivity index (χ3v) is 5.84. The molecule has 0 spiro atoms. The number of alkyl halides is 3. The Labute approximate surface area is 198 Å². The lowest BCUT2D eigenvalue weighted by Gasteiger charge is -2.35. The van der Waals surface area contributed by atoms with Crippen LogP contribution in [0.15, 0.2) is 48.7 Å². The summed E-state index contributed by atoms with van der Waals surface area (Å²) in [6.45, 7) is 11.0. The molecular formula is C26H30F3N5. The van der Waals surface area contributed by atoms with Crippen LogP contribution in [0.3, 0.4) is 0 Å². The van der Waals surface area contributed by atoms with Crippen LogP contribution in [0.1, 0.15) is 37.5 Å². The molecule has 1 saturated heterocycles. The van der Waals surface area contributed by atoms with Gasteiger partial charge < -0.3 is 15.1 Å². The number of nitriles is 1. The summed E-state index contributed by atoms with van der Waals surface area (Å²) < 4.78 is 40.5. The molecule has 0 radical (unpaired) electrons. The minimum atomic E-state index is -4.47. The Hall–Kier alpha value is -3.31. The van der Waals surface area contributed by atoms with Gasteiger partial charge in [-0.25, -0.2) is 0 Å². The molecule has 5 nitrogen and oxygen atoms in total. The fraction of sp³-hybridized carbons (Fsp3) is 0.385. The highest BCUT2D eigenvalue weighted by molar-refractivity contribution is 5.94. The van der Waals surface area contributed by atoms with Gasteiger partial charge in [0.25, 0.3) is 0 Å². The minimum Gasteiger partial charge on any atom is -0.380 e. The van der Waals surface area contributed by atoms with Crippen molar-refractivity contribution in [2.45, 2.75) is 33.5 Å². The summed E-state index contributed by atoms with van der Waals surface area (Å²) in [5, 5.41) is 12.9. The van der Waals surface area contributed by atoms with Crippen molar-refractivity contribution in [1.29, 1.82) is 5.26 Å². The number of aromatic nitrogens is 1. The van der Waals surface area contributed by atoms with Gasteiger partial charge >= 0.3 is 6.18 Å². The van der Waals surface area contributed by atoms with Gasteiger partial charge in [-0.1, -0.05) is 32.9 Å². The number of nitrogens with one attached hydrogen (secondary N) is 1. The van der Waals surface area contributed by atoms with E-state index < -0.39 is 11.7 Å². The summed E-state index contributed by atoms with van der Waals surface area (Å²) in [6, 6.07) is 13.2. The second-order valence-electron chi connectivity index (χ2n) is 7.87. The normalized spacial score (nSPS) is 14.3. The molecule has 1 fully saturated rings. The van der Waals surface area contributed by atoms with Crippen molar-refractivity contribution in [3.63, 3.8) is 0 Å². The van der Waals surface area contributed by atoms with E-state index in [1.807, 2.05) is 26.0 Å². The van der Waals surface area contributed by atoms with E-state index >= 15 is 0 Å². The number of anilines is 2. The van der Waals surface area contributed by atoms with Crippen molar-refractivity contribution in [3.05, 3.63) is 65.4 Å². The van der Waals surface area contributed by atoms with Gasteiger partial charge in [-0.2, -0.15) is 18.4 Å². The second kappa shape index (κ2) is 11.2. The SMILES string of the molecule is CC.CCN1CCN(c2cnc3cc(C(F)(F)F)cc(NCc4cccc(C#N)c4)c3c2)CC1. The summed E-state index contributed by atoms with van der Waals surface area (Å²) in [6.07, 6.45) is -2.81. The fourth-order valence-corrected chi connectivity index (χ4v) is 3.97. The molecule has 180 valence electrons. The van der Waals surface area contributed by atoms with E-state index in [4.69, 9.17) is 5.26 Å². The van der Waals surface area contributed by atoms with Crippen molar-refractivity contribution in [3.8, 4) is 6.07 Å². The van der Waals surface area contributed by atoms with Crippen LogP contribution in [0.2, 0.25) is 0 Å². The predicted octanol–water partition coefficient (Wildman–Crippen LogP) is 5.91. The Bertz CT molecular complexity index is 1150. The first kappa shape index (κ1) is 25.3. The molecule has 0 bridgehead atoms. The molecule has 1 aromatic heterocycles. The summed E-state index contributed by atoms with van der Waals surface area (Å²) in [4.78, 5) is 8.96. The number of piperazine rings is 1. The average Bonchev–Trinajstić information content (AvgIpc) is 2.87. The maximum atomic E-state index is 13.5. The number of rotatable bonds is 5. The largest absolute Gasteiger partial charge is 0.416 e. The first-order valence-electron chi connectivity index (χ1n) is 11.6. The zero-order valence-electron chi connectivity index (χ0n) is 19.8. The molecule has 0 amide bonds. The van der Waals surface area contributed by atoms with Crippen LogP contribution in [0.4, 0.5) is 24.5 Å². The first-order valence-corrected chi connectivity index (χ1v) is 11.6. The van der Waals surface area contributed by atoms with E-state index in [1.165, 1.54) is 0 Å². The van der Waals surface area contributed by atoms with Crippen molar-refractivity contribution in [2.75, 3.05) is 42.9 Å². The molecule has 1 aliphatic rings. The molecule has 1 N–H and O–H groups in total. The Kier molecular flexibility index (Phi) is 8.35. The van der Waals surface area contributed by atoms with Gasteiger partial charge in [0.15, 0.2) is 0 Å². The molecule has 2 heterocycles. The molecule has 0 saturated carbocycles. The van der Waals surface area contributed by atoms with Gasteiger partial charge in [0.1, 0.15) is 0 Å². The lowest BCUT2D eigenvalue weighted by Crippen LogP contribution is -2.46. The molecule has 2 aromatic carbocycles. The maximum Gasteiger partial charge on any atom is 0.416 e. The molecule has 1 aliphatic heterocycles. The summed E-state index contributed by atoms with van der Waals surface area (Å²) >= 11 is 0. The van der Waals surface area contributed by atoms with Gasteiger partial charge in [0.05, 0.1) is 34.6 Å². The fourth-order valence-electron chi connectivity index (χ4n) is 3.97. The highest BCUT2D eigenvalue weighted by Gasteiger charge is 2.31. The molecule has 8 heteroatoms. The first-order chi connectivity index (χ1) is 16.4. The number of likely N-dealkylation sites (N-methyl/N-ethyl adjacent to an activating group) is 1. The van der Waals surface area contributed by atoms with Gasteiger partial charge in [-0.15, -0.1) is 0 Å². The van der Waals surface area contributed by atoms with E-state index in [2.05, 4.69) is 33.1 Å². The molecule has 0 unspecified atom stereocenters. The van der Waals surface area contributed by atoms with Gasteiger partial charge in [-0.05, 0) is 42.4 Å². The monoisotopic (exact) mass is 469 g/mol. The Morgan fingerprint density at radius 1 is 1.06 bits per heavy atom. The number of benzene rings is 2. The topological polar surface area (TPSA) is 55.2 Å². The Balaban J connectivity index is 0.00000158. The molecule has 0 aliphatic carbocycles. The lowest BCUT2D eigenvalue weighted by atomic mass is 10.1. The highest BCUT2D eigenvalue weighted by Crippen LogP contribution is 2.36. The average molecular weight is 470 g/mol. The van der Waals surface area contributed by atoms with Gasteiger partial charge in [0, 0.05) is 43.8 Å². The van der Waals surface area contributed by atoms with Crippen LogP contribution >= 0.6 is 0 Å². The van der Waals surface area contributed by atoms with Crippen molar-refractivity contribution >= 4 is 22.3 Å². The maximum absolute atomic E-state index is 13.5. The number of hydrogen-bond acceptors (Lipinski definition) is 5. The number of pyridine rings is 1. The predicted molar refractivity (Wildman–Crippen MR) is 131 cm³/mol. The number of nitrogens with zero attached hydrogens (tertiary/aromatic N) is 4. The Morgan fingerprint density at radius 3 is 2.44 bits per heavy atom. The van der Waals surface area contributed by atoms with E-state index in [0.717, 1.165) is 56.1 Å². The van der Waals surface area contributed by atoms with Crippen molar-refractivity contribution < 1.29 is 13.2 Å². The zero-order valence-corrected chi connectivity index (χ0v) is 19.8. The zero-order chi connectivity index (χ0) is 24.7. The molecule has 34 heavy (non-hydrogen) atoms. The third-order valence-electron chi connectivity index (χ3n) is 5.84. The summed E-state index contributed by atoms with van der Waals surface area (Å²) in [5.74, 6) is 0. The lowest BCUT2D eigenvalue weighted by molar-refractivity contribution is -0.137. The number of halogens is 3. The van der Waals surface area contributed by atoms with E-state index in [9.17, 15) is 13.2 Å². The van der Waals surface area contributed by atoms with Crippen molar-refractivity contribution in [1.82, 2.24) is 9.88 Å². The summed E-state index contributed by atoms with van der Waals surface area (Å²) in [5.41, 5.74) is 2.16. The second-order valence-corrected chi connectivity index (χ2v) is 7.87. The van der Waals surface area contributed by atoms with Crippen LogP contribution in [-0.2, 0) is 12.7 Å². The number of hydrogen-bond donors (Lipinski definition) is 1. The summed E-state index contributed by atoms with van der Waals surface area (Å²) in [7, 11) is 0. The van der Waals surface area contributed by atoms with Crippen LogP contribution in [0, 0.1) is 11.3 Å². The van der Waals surface area contributed by atoms with Gasteiger partial charge in [0.2, 0.25) is 0 Å². The van der Waals surface area contributed by atoms with Crippen LogP contribution in [0.25, 0.3) is 10.9 Å². The highest BCUT2D eigenvalue weighted by atomic mass is 19.4. The molecular weight excluding hydrogens is 439 g/mol. The Morgan fingerprint density at radius 2 is 1.79 bits per heavy atom. The molecule has 3 aromatic rings. The minimum absolute atomic E-state index is 0.295. The molecule has 0 atom stereocenters. The van der Waals surface area contributed by atoms with Crippen molar-refractivity contribution in [2.24, 2.45) is 0 Å². The smallest absolute Gasteiger partial charge is 0.380 e. The third kappa shape index (κ3) is 5.97. The van der Waals surface area contributed by atoms with E-state index in [-0.39, 0.29) is 0 Å². The van der Waals surface area contributed by atoms with E-state index in [0.29, 0.717) is 28.7 Å². The standard InChI is InChI=1S/C24H24F3N5.C2H6/c1-2-31-6-8-32(9-7-31)20-13-21-22(29-15-18-5-3-4-17(10-18)14-28)11-19(24(25,26)27)12-23(21)30-16-20;1-2/h3-5,10-13,16,29H,2,6-9,15H2,1H3;1-2H3. The van der Waals surface area contributed by atoms with Gasteiger partial charge in [-0.3, -0.25) is 4.98 Å². The van der Waals surface area contributed by atoms with E-state index in [1.54, 1.807) is 24.4 Å². The molecule has 4 rings (SSSR count). The van der Waals surface area contributed by atoms with Crippen LogP contribution in [-0.4, -0.2) is 42.6 Å².